The first kappa shape index (κ1) is 17.5. The van der Waals surface area contributed by atoms with Crippen LogP contribution in [0.2, 0.25) is 10.0 Å². The summed E-state index contributed by atoms with van der Waals surface area (Å²) in [5, 5.41) is 5.86. The van der Waals surface area contributed by atoms with Gasteiger partial charge >= 0.3 is 6.18 Å². The molecule has 2 heterocycles. The summed E-state index contributed by atoms with van der Waals surface area (Å²) in [5.41, 5.74) is 3.27. The molecule has 1 amide bonds. The van der Waals surface area contributed by atoms with E-state index in [-0.39, 0.29) is 29.0 Å². The minimum atomic E-state index is -4.85. The van der Waals surface area contributed by atoms with Crippen molar-refractivity contribution in [3.8, 4) is 5.82 Å². The van der Waals surface area contributed by atoms with Gasteiger partial charge < -0.3 is 11.1 Å². The zero-order valence-electron chi connectivity index (χ0n) is 11.4. The lowest BCUT2D eigenvalue weighted by atomic mass is 10.2. The van der Waals surface area contributed by atoms with Crippen molar-refractivity contribution in [1.29, 1.82) is 0 Å². The molecule has 0 bridgehead atoms. The first-order valence-corrected chi connectivity index (χ1v) is 6.96. The van der Waals surface area contributed by atoms with E-state index >= 15 is 0 Å². The summed E-state index contributed by atoms with van der Waals surface area (Å²) in [6.45, 7) is 0.118. The van der Waals surface area contributed by atoms with Crippen molar-refractivity contribution in [2.45, 2.75) is 6.18 Å². The predicted octanol–water partition coefficient (Wildman–Crippen LogP) is 2.28. The molecule has 23 heavy (non-hydrogen) atoms. The number of nitrogens with zero attached hydrogens (tertiary/aromatic N) is 3. The molecule has 0 aliphatic heterocycles. The largest absolute Gasteiger partial charge is 0.434 e. The molecule has 0 unspecified atom stereocenters. The number of nitrogens with two attached hydrogens (primary N) is 1. The fraction of sp³-hybridized carbons (Fsp3) is 0.250. The molecule has 0 saturated heterocycles. The zero-order valence-corrected chi connectivity index (χ0v) is 12.9. The van der Waals surface area contributed by atoms with Crippen LogP contribution in [0.3, 0.4) is 0 Å². The van der Waals surface area contributed by atoms with Crippen molar-refractivity contribution >= 4 is 29.1 Å². The number of pyridine rings is 1. The Morgan fingerprint density at radius 2 is 2.04 bits per heavy atom. The molecule has 0 saturated carbocycles. The highest BCUT2D eigenvalue weighted by Crippen LogP contribution is 2.34. The maximum Gasteiger partial charge on any atom is 0.434 e. The van der Waals surface area contributed by atoms with Crippen molar-refractivity contribution < 1.29 is 18.0 Å². The molecular weight excluding hydrogens is 358 g/mol. The van der Waals surface area contributed by atoms with E-state index in [1.54, 1.807) is 0 Å². The molecule has 0 fully saturated rings. The van der Waals surface area contributed by atoms with Crippen LogP contribution in [0.1, 0.15) is 16.1 Å². The van der Waals surface area contributed by atoms with Gasteiger partial charge in [-0.05, 0) is 6.07 Å². The van der Waals surface area contributed by atoms with Crippen LogP contribution in [0.5, 0.6) is 0 Å². The average molecular weight is 368 g/mol. The van der Waals surface area contributed by atoms with Crippen LogP contribution in [-0.4, -0.2) is 33.8 Å². The first-order chi connectivity index (χ1) is 10.8. The molecule has 6 nitrogen and oxygen atoms in total. The van der Waals surface area contributed by atoms with Crippen molar-refractivity contribution in [3.05, 3.63) is 39.8 Å². The second-order valence-electron chi connectivity index (χ2n) is 4.32. The minimum absolute atomic E-state index is 0.0290. The Balaban J connectivity index is 2.57. The number of halogens is 5. The van der Waals surface area contributed by atoms with Crippen LogP contribution < -0.4 is 11.1 Å². The quantitative estimate of drug-likeness (QED) is 0.867. The maximum absolute atomic E-state index is 13.4. The van der Waals surface area contributed by atoms with Crippen molar-refractivity contribution in [2.75, 3.05) is 13.1 Å². The summed E-state index contributed by atoms with van der Waals surface area (Å²) in [4.78, 5) is 15.6. The third-order valence-corrected chi connectivity index (χ3v) is 3.19. The fourth-order valence-corrected chi connectivity index (χ4v) is 2.25. The lowest BCUT2D eigenvalue weighted by molar-refractivity contribution is -0.143. The normalized spacial score (nSPS) is 11.6. The van der Waals surface area contributed by atoms with Crippen molar-refractivity contribution in [2.24, 2.45) is 5.73 Å². The van der Waals surface area contributed by atoms with Gasteiger partial charge in [0.15, 0.2) is 11.5 Å². The summed E-state index contributed by atoms with van der Waals surface area (Å²) < 4.78 is 40.5. The van der Waals surface area contributed by atoms with Crippen molar-refractivity contribution in [3.63, 3.8) is 0 Å². The highest BCUT2D eigenvalue weighted by molar-refractivity contribution is 6.35. The van der Waals surface area contributed by atoms with Gasteiger partial charge in [-0.15, -0.1) is 0 Å². The first-order valence-electron chi connectivity index (χ1n) is 6.20. The fourth-order valence-electron chi connectivity index (χ4n) is 1.79. The Hall–Kier alpha value is -1.84. The number of hydrogen-bond acceptors (Lipinski definition) is 4. The van der Waals surface area contributed by atoms with Crippen molar-refractivity contribution in [1.82, 2.24) is 20.1 Å². The number of carbonyl (C=O) groups is 1. The summed E-state index contributed by atoms with van der Waals surface area (Å²) in [7, 11) is 0. The minimum Gasteiger partial charge on any atom is -0.351 e. The maximum atomic E-state index is 13.4. The highest BCUT2D eigenvalue weighted by atomic mass is 35.5. The van der Waals surface area contributed by atoms with Gasteiger partial charge in [-0.1, -0.05) is 23.2 Å². The number of aromatic nitrogens is 3. The monoisotopic (exact) mass is 367 g/mol. The molecule has 124 valence electrons. The Morgan fingerprint density at radius 3 is 2.61 bits per heavy atom. The smallest absolute Gasteiger partial charge is 0.351 e. The second kappa shape index (κ2) is 6.73. The number of rotatable bonds is 4. The number of alkyl halides is 3. The predicted molar refractivity (Wildman–Crippen MR) is 77.8 cm³/mol. The van der Waals surface area contributed by atoms with E-state index < -0.39 is 23.3 Å². The van der Waals surface area contributed by atoms with Crippen LogP contribution in [0.15, 0.2) is 18.5 Å². The van der Waals surface area contributed by atoms with Crippen LogP contribution >= 0.6 is 23.2 Å². The van der Waals surface area contributed by atoms with E-state index in [9.17, 15) is 18.0 Å². The van der Waals surface area contributed by atoms with Crippen LogP contribution in [0, 0.1) is 0 Å². The zero-order chi connectivity index (χ0) is 17.2. The van der Waals surface area contributed by atoms with E-state index in [1.165, 1.54) is 6.07 Å². The molecule has 2 aromatic heterocycles. The van der Waals surface area contributed by atoms with Gasteiger partial charge in [0.05, 0.1) is 21.8 Å². The lowest BCUT2D eigenvalue weighted by Gasteiger charge is -2.13. The van der Waals surface area contributed by atoms with Gasteiger partial charge in [-0.2, -0.15) is 18.3 Å². The molecule has 0 aliphatic carbocycles. The van der Waals surface area contributed by atoms with Gasteiger partial charge in [0, 0.05) is 19.3 Å². The Bertz CT molecular complexity index is 732. The lowest BCUT2D eigenvalue weighted by Crippen LogP contribution is -2.30. The summed E-state index contributed by atoms with van der Waals surface area (Å²) in [6.07, 6.45) is -2.93. The number of amides is 1. The third kappa shape index (κ3) is 3.74. The summed E-state index contributed by atoms with van der Waals surface area (Å²) in [6, 6.07) is 1.22. The highest BCUT2D eigenvalue weighted by Gasteiger charge is 2.41. The molecule has 0 radical (unpaired) electrons. The number of nitrogens with one attached hydrogen (secondary N) is 1. The molecule has 0 aromatic carbocycles. The Morgan fingerprint density at radius 1 is 1.35 bits per heavy atom. The molecule has 2 aromatic rings. The average Bonchev–Trinajstić information content (AvgIpc) is 2.89. The topological polar surface area (TPSA) is 85.8 Å². The van der Waals surface area contributed by atoms with E-state index in [0.29, 0.717) is 4.68 Å². The van der Waals surface area contributed by atoms with E-state index in [2.05, 4.69) is 15.4 Å². The molecular formula is C12H10Cl2F3N5O. The molecule has 3 N–H and O–H groups in total. The van der Waals surface area contributed by atoms with Crippen LogP contribution in [0.4, 0.5) is 13.2 Å². The van der Waals surface area contributed by atoms with Gasteiger partial charge in [0.2, 0.25) is 0 Å². The third-order valence-electron chi connectivity index (χ3n) is 2.70. The van der Waals surface area contributed by atoms with E-state index in [1.807, 2.05) is 0 Å². The molecule has 0 atom stereocenters. The van der Waals surface area contributed by atoms with Gasteiger partial charge in [-0.25, -0.2) is 9.67 Å². The van der Waals surface area contributed by atoms with Gasteiger partial charge in [0.25, 0.3) is 5.91 Å². The Kier molecular flexibility index (Phi) is 5.12. The summed E-state index contributed by atoms with van der Waals surface area (Å²) >= 11 is 11.5. The number of carbonyl (C=O) groups excluding carboxylic acids is 1. The van der Waals surface area contributed by atoms with Crippen LogP contribution in [0.25, 0.3) is 5.82 Å². The SMILES string of the molecule is NCCNC(=O)c1cnn(-c2ncc(Cl)cc2Cl)c1C(F)(F)F. The summed E-state index contributed by atoms with van der Waals surface area (Å²) in [5.74, 6) is -1.24. The standard InChI is InChI=1S/C12H10Cl2F3N5O/c13-6-3-8(14)10(20-4-6)22-9(12(15,16)17)7(5-21-22)11(23)19-2-1-18/h3-5H,1-2,18H2,(H,19,23). The van der Waals surface area contributed by atoms with E-state index in [0.717, 1.165) is 12.4 Å². The Labute approximate surface area is 138 Å². The van der Waals surface area contributed by atoms with E-state index in [4.69, 9.17) is 28.9 Å². The van der Waals surface area contributed by atoms with Gasteiger partial charge in [-0.3, -0.25) is 4.79 Å². The molecule has 2 rings (SSSR count). The van der Waals surface area contributed by atoms with Crippen LogP contribution in [-0.2, 0) is 6.18 Å². The number of hydrogen-bond donors (Lipinski definition) is 2. The van der Waals surface area contributed by atoms with Gasteiger partial charge in [0.1, 0.15) is 0 Å². The molecule has 0 spiro atoms. The molecule has 11 heteroatoms. The second-order valence-corrected chi connectivity index (χ2v) is 5.16. The molecule has 0 aliphatic rings.